The number of nitrogens with two attached hydrogens (primary N) is 1. The zero-order chi connectivity index (χ0) is 17.4. The van der Waals surface area contributed by atoms with Crippen molar-refractivity contribution < 1.29 is 5.11 Å². The number of fused-ring (bicyclic) bond motifs is 1. The van der Waals surface area contributed by atoms with Crippen LogP contribution in [0.4, 0.5) is 11.5 Å². The van der Waals surface area contributed by atoms with Gasteiger partial charge in [-0.05, 0) is 13.1 Å². The lowest BCUT2D eigenvalue weighted by atomic mass is 10.1. The van der Waals surface area contributed by atoms with Gasteiger partial charge in [-0.3, -0.25) is 9.88 Å². The van der Waals surface area contributed by atoms with Crippen LogP contribution in [0.3, 0.4) is 0 Å². The highest BCUT2D eigenvalue weighted by atomic mass is 16.3. The van der Waals surface area contributed by atoms with Crippen molar-refractivity contribution in [3.8, 4) is 11.1 Å². The van der Waals surface area contributed by atoms with Gasteiger partial charge in [0, 0.05) is 67.3 Å². The molecule has 0 amide bonds. The summed E-state index contributed by atoms with van der Waals surface area (Å²) in [4.78, 5) is 13.2. The molecule has 0 bridgehead atoms. The van der Waals surface area contributed by atoms with Crippen LogP contribution in [-0.4, -0.2) is 68.9 Å². The maximum absolute atomic E-state index is 9.62. The van der Waals surface area contributed by atoms with E-state index in [-0.39, 0.29) is 12.6 Å². The third-order valence-electron chi connectivity index (χ3n) is 4.77. The predicted molar refractivity (Wildman–Crippen MR) is 96.3 cm³/mol. The third-order valence-corrected chi connectivity index (χ3v) is 4.77. The molecule has 0 aliphatic carbocycles. The van der Waals surface area contributed by atoms with Crippen LogP contribution in [-0.2, 0) is 0 Å². The number of nitrogens with zero attached hydrogens (tertiary/aromatic N) is 6. The number of aliphatic hydroxyl groups excluding tert-OH is 1. The molecule has 1 saturated heterocycles. The van der Waals surface area contributed by atoms with Gasteiger partial charge in [-0.2, -0.15) is 0 Å². The molecule has 4 rings (SSSR count). The van der Waals surface area contributed by atoms with E-state index in [1.165, 1.54) is 0 Å². The Labute approximate surface area is 145 Å². The van der Waals surface area contributed by atoms with Crippen LogP contribution in [0, 0.1) is 0 Å². The van der Waals surface area contributed by atoms with Crippen molar-refractivity contribution in [3.63, 3.8) is 0 Å². The van der Waals surface area contributed by atoms with Crippen LogP contribution in [0.25, 0.3) is 16.8 Å². The topological polar surface area (TPSA) is 95.8 Å². The highest BCUT2D eigenvalue weighted by Gasteiger charge is 2.25. The summed E-state index contributed by atoms with van der Waals surface area (Å²) < 4.78 is 1.68. The van der Waals surface area contributed by atoms with Crippen molar-refractivity contribution in [1.29, 1.82) is 0 Å². The van der Waals surface area contributed by atoms with Gasteiger partial charge in [0.2, 0.25) is 0 Å². The fourth-order valence-corrected chi connectivity index (χ4v) is 3.28. The minimum Gasteiger partial charge on any atom is -0.395 e. The maximum atomic E-state index is 9.62. The molecular formula is C17H21N7O. The van der Waals surface area contributed by atoms with Gasteiger partial charge in [0.05, 0.1) is 12.6 Å². The Morgan fingerprint density at radius 2 is 2.20 bits per heavy atom. The largest absolute Gasteiger partial charge is 0.395 e. The molecule has 3 aromatic rings. The zero-order valence-corrected chi connectivity index (χ0v) is 14.1. The second-order valence-corrected chi connectivity index (χ2v) is 6.37. The van der Waals surface area contributed by atoms with Gasteiger partial charge in [0.15, 0.2) is 5.65 Å². The molecule has 1 unspecified atom stereocenters. The van der Waals surface area contributed by atoms with E-state index in [9.17, 15) is 5.11 Å². The van der Waals surface area contributed by atoms with Gasteiger partial charge < -0.3 is 15.7 Å². The quantitative estimate of drug-likeness (QED) is 0.717. The molecular weight excluding hydrogens is 318 g/mol. The summed E-state index contributed by atoms with van der Waals surface area (Å²) in [5.41, 5.74) is 9.47. The molecule has 0 saturated carbocycles. The molecule has 1 aliphatic heterocycles. The van der Waals surface area contributed by atoms with Crippen molar-refractivity contribution in [1.82, 2.24) is 24.5 Å². The number of aromatic nitrogens is 4. The normalized spacial score (nSPS) is 18.8. The van der Waals surface area contributed by atoms with Crippen molar-refractivity contribution in [2.75, 3.05) is 43.9 Å². The minimum atomic E-state index is 0.126. The van der Waals surface area contributed by atoms with Crippen molar-refractivity contribution in [2.24, 2.45) is 0 Å². The zero-order valence-electron chi connectivity index (χ0n) is 14.1. The molecule has 130 valence electrons. The number of likely N-dealkylation sites (N-methyl/N-ethyl adjacent to an activating group) is 1. The highest BCUT2D eigenvalue weighted by Crippen LogP contribution is 2.31. The lowest BCUT2D eigenvalue weighted by molar-refractivity contribution is 0.135. The first-order valence-corrected chi connectivity index (χ1v) is 8.27. The van der Waals surface area contributed by atoms with E-state index in [2.05, 4.69) is 24.9 Å². The second kappa shape index (κ2) is 6.30. The van der Waals surface area contributed by atoms with Crippen molar-refractivity contribution in [3.05, 3.63) is 36.9 Å². The third kappa shape index (κ3) is 2.90. The number of anilines is 2. The molecule has 25 heavy (non-hydrogen) atoms. The maximum Gasteiger partial charge on any atom is 0.157 e. The van der Waals surface area contributed by atoms with Gasteiger partial charge in [0.25, 0.3) is 0 Å². The number of nitrogen functional groups attached to an aromatic ring is 1. The monoisotopic (exact) mass is 339 g/mol. The molecule has 8 nitrogen and oxygen atoms in total. The summed E-state index contributed by atoms with van der Waals surface area (Å²) in [5, 5.41) is 13.9. The summed E-state index contributed by atoms with van der Waals surface area (Å²) >= 11 is 0. The van der Waals surface area contributed by atoms with Crippen LogP contribution in [0.1, 0.15) is 0 Å². The second-order valence-electron chi connectivity index (χ2n) is 6.37. The standard InChI is InChI=1S/C17H21N7O/c1-22-4-5-23(10-13(22)11-25)15-2-3-19-8-14(15)12-7-20-17-6-16(18)21-24(17)9-12/h2-3,6-9,13,25H,4-5,10-11H2,1H3,(H2,18,21). The van der Waals surface area contributed by atoms with Gasteiger partial charge in [-0.15, -0.1) is 5.10 Å². The lowest BCUT2D eigenvalue weighted by Crippen LogP contribution is -2.53. The first kappa shape index (κ1) is 15.8. The van der Waals surface area contributed by atoms with E-state index in [0.29, 0.717) is 11.5 Å². The van der Waals surface area contributed by atoms with E-state index in [4.69, 9.17) is 5.73 Å². The molecule has 3 aromatic heterocycles. The van der Waals surface area contributed by atoms with E-state index >= 15 is 0 Å². The van der Waals surface area contributed by atoms with Crippen LogP contribution in [0.5, 0.6) is 0 Å². The Morgan fingerprint density at radius 1 is 1.32 bits per heavy atom. The Kier molecular flexibility index (Phi) is 3.98. The molecule has 3 N–H and O–H groups in total. The SMILES string of the molecule is CN1CCN(c2ccncc2-c2cnc3cc(N)nn3c2)CC1CO. The average molecular weight is 339 g/mol. The predicted octanol–water partition coefficient (Wildman–Crippen LogP) is 0.486. The lowest BCUT2D eigenvalue weighted by Gasteiger charge is -2.40. The molecule has 1 atom stereocenters. The van der Waals surface area contributed by atoms with Crippen LogP contribution in [0.2, 0.25) is 0 Å². The molecule has 1 fully saturated rings. The van der Waals surface area contributed by atoms with E-state index < -0.39 is 0 Å². The van der Waals surface area contributed by atoms with E-state index in [1.54, 1.807) is 16.8 Å². The smallest absolute Gasteiger partial charge is 0.157 e. The van der Waals surface area contributed by atoms with Gasteiger partial charge in [-0.25, -0.2) is 9.50 Å². The Balaban J connectivity index is 1.73. The van der Waals surface area contributed by atoms with Crippen LogP contribution < -0.4 is 10.6 Å². The summed E-state index contributed by atoms with van der Waals surface area (Å²) in [7, 11) is 2.05. The Hall–Kier alpha value is -2.71. The summed E-state index contributed by atoms with van der Waals surface area (Å²) in [6, 6.07) is 3.87. The Morgan fingerprint density at radius 3 is 3.04 bits per heavy atom. The minimum absolute atomic E-state index is 0.126. The number of rotatable bonds is 3. The number of aliphatic hydroxyl groups is 1. The first-order valence-electron chi connectivity index (χ1n) is 8.27. The molecule has 1 aliphatic rings. The summed E-state index contributed by atoms with van der Waals surface area (Å²) in [6.07, 6.45) is 7.37. The van der Waals surface area contributed by atoms with E-state index in [0.717, 1.165) is 36.4 Å². The number of hydrogen-bond acceptors (Lipinski definition) is 7. The molecule has 0 radical (unpaired) electrons. The van der Waals surface area contributed by atoms with E-state index in [1.807, 2.05) is 31.7 Å². The fraction of sp³-hybridized carbons (Fsp3) is 0.353. The molecule has 4 heterocycles. The molecule has 0 spiro atoms. The molecule has 8 heteroatoms. The van der Waals surface area contributed by atoms with Crippen LogP contribution in [0.15, 0.2) is 36.9 Å². The number of piperazine rings is 1. The van der Waals surface area contributed by atoms with Crippen molar-refractivity contribution in [2.45, 2.75) is 6.04 Å². The molecule has 0 aromatic carbocycles. The average Bonchev–Trinajstić information content (AvgIpc) is 3.01. The highest BCUT2D eigenvalue weighted by molar-refractivity contribution is 5.77. The number of pyridine rings is 1. The van der Waals surface area contributed by atoms with Gasteiger partial charge in [0.1, 0.15) is 5.82 Å². The van der Waals surface area contributed by atoms with Crippen LogP contribution >= 0.6 is 0 Å². The van der Waals surface area contributed by atoms with Gasteiger partial charge >= 0.3 is 0 Å². The van der Waals surface area contributed by atoms with Crippen molar-refractivity contribution >= 4 is 17.2 Å². The summed E-state index contributed by atoms with van der Waals surface area (Å²) in [5.74, 6) is 0.445. The summed E-state index contributed by atoms with van der Waals surface area (Å²) in [6.45, 7) is 2.72. The van der Waals surface area contributed by atoms with Gasteiger partial charge in [-0.1, -0.05) is 0 Å². The fourth-order valence-electron chi connectivity index (χ4n) is 3.28. The first-order chi connectivity index (χ1) is 12.2. The Bertz CT molecular complexity index is 894. The number of hydrogen-bond donors (Lipinski definition) is 2.